The third-order valence-corrected chi connectivity index (χ3v) is 8.68. The number of rotatable bonds is 7. The summed E-state index contributed by atoms with van der Waals surface area (Å²) in [6, 6.07) is 13.5. The van der Waals surface area contributed by atoms with Crippen molar-refractivity contribution >= 4 is 40.6 Å². The van der Waals surface area contributed by atoms with E-state index in [1.54, 1.807) is 54.6 Å². The molecule has 38 heavy (non-hydrogen) atoms. The van der Waals surface area contributed by atoms with Gasteiger partial charge in [-0.2, -0.15) is 0 Å². The maximum atomic E-state index is 14.3. The number of hydrogen-bond donors (Lipinski definition) is 1. The molecule has 4 atom stereocenters. The van der Waals surface area contributed by atoms with Crippen molar-refractivity contribution in [3.05, 3.63) is 74.9 Å². The zero-order valence-corrected chi connectivity index (χ0v) is 21.9. The first-order valence-corrected chi connectivity index (χ1v) is 13.4. The van der Waals surface area contributed by atoms with Gasteiger partial charge in [-0.3, -0.25) is 9.59 Å². The Morgan fingerprint density at radius 2 is 1.82 bits per heavy atom. The van der Waals surface area contributed by atoms with Crippen molar-refractivity contribution in [2.75, 3.05) is 13.9 Å². The first kappa shape index (κ1) is 24.8. The summed E-state index contributed by atoms with van der Waals surface area (Å²) < 4.78 is 16.9. The summed E-state index contributed by atoms with van der Waals surface area (Å²) in [5.74, 6) is -2.12. The van der Waals surface area contributed by atoms with E-state index in [4.69, 9.17) is 25.8 Å². The lowest BCUT2D eigenvalue weighted by atomic mass is 9.77. The molecule has 1 N–H and O–H groups in total. The molecule has 1 amide bonds. The Morgan fingerprint density at radius 3 is 2.50 bits per heavy atom. The highest BCUT2D eigenvalue weighted by Crippen LogP contribution is 2.54. The predicted molar refractivity (Wildman–Crippen MR) is 139 cm³/mol. The molecular weight excluding hydrogens is 530 g/mol. The maximum absolute atomic E-state index is 14.3. The SMILES string of the molecule is COc1cccc(C2C(C(=O)c3ccc(Cl)s3)C(c3ccc4c(c3)OCO4)N(C(=O)C3CC3)C2C(=O)O)c1. The predicted octanol–water partition coefficient (Wildman–Crippen LogP) is 5.17. The Balaban J connectivity index is 1.58. The fourth-order valence-electron chi connectivity index (χ4n) is 5.62. The molecule has 3 heterocycles. The largest absolute Gasteiger partial charge is 0.497 e. The number of carboxylic acid groups (broad SMARTS) is 1. The summed E-state index contributed by atoms with van der Waals surface area (Å²) in [5.41, 5.74) is 1.22. The molecular formula is C28H24ClNO7S. The number of carboxylic acids is 1. The number of halogens is 1. The van der Waals surface area contributed by atoms with Gasteiger partial charge < -0.3 is 24.2 Å². The Bertz CT molecular complexity index is 1430. The number of ketones is 1. The summed E-state index contributed by atoms with van der Waals surface area (Å²) in [6.45, 7) is 0.0639. The smallest absolute Gasteiger partial charge is 0.327 e. The molecule has 0 spiro atoms. The van der Waals surface area contributed by atoms with Crippen molar-refractivity contribution in [1.82, 2.24) is 4.90 Å². The van der Waals surface area contributed by atoms with E-state index in [0.717, 1.165) is 11.3 Å². The van der Waals surface area contributed by atoms with Crippen LogP contribution in [0.25, 0.3) is 0 Å². The number of thiophene rings is 1. The van der Waals surface area contributed by atoms with E-state index < -0.39 is 29.9 Å². The van der Waals surface area contributed by atoms with Gasteiger partial charge in [-0.05, 0) is 60.4 Å². The highest BCUT2D eigenvalue weighted by Gasteiger charge is 2.59. The number of carbonyl (C=O) groups excluding carboxylic acids is 2. The van der Waals surface area contributed by atoms with Gasteiger partial charge in [0.15, 0.2) is 17.3 Å². The van der Waals surface area contributed by atoms with Crippen LogP contribution in [0.4, 0.5) is 0 Å². The van der Waals surface area contributed by atoms with Crippen LogP contribution in [0.2, 0.25) is 4.34 Å². The second-order valence-corrected chi connectivity index (χ2v) is 11.4. The highest BCUT2D eigenvalue weighted by atomic mass is 35.5. The van der Waals surface area contributed by atoms with Gasteiger partial charge in [-0.25, -0.2) is 4.79 Å². The summed E-state index contributed by atoms with van der Waals surface area (Å²) in [6.07, 6.45) is 1.39. The van der Waals surface area contributed by atoms with Crippen LogP contribution in [-0.2, 0) is 9.59 Å². The number of Topliss-reactive ketones (excluding diaryl/α,β-unsaturated/α-hetero) is 1. The molecule has 1 saturated heterocycles. The van der Waals surface area contributed by atoms with E-state index >= 15 is 0 Å². The molecule has 2 aromatic carbocycles. The molecule has 3 aromatic rings. The van der Waals surface area contributed by atoms with Crippen molar-refractivity contribution in [1.29, 1.82) is 0 Å². The summed E-state index contributed by atoms with van der Waals surface area (Å²) in [7, 11) is 1.52. The number of benzene rings is 2. The number of hydrogen-bond acceptors (Lipinski definition) is 7. The van der Waals surface area contributed by atoms with Crippen LogP contribution in [0.1, 0.15) is 45.6 Å². The molecule has 0 bridgehead atoms. The molecule has 2 fully saturated rings. The van der Waals surface area contributed by atoms with E-state index in [1.165, 1.54) is 12.0 Å². The Kier molecular flexibility index (Phi) is 6.28. The normalized spacial score (nSPS) is 23.9. The van der Waals surface area contributed by atoms with Crippen LogP contribution in [-0.4, -0.2) is 47.6 Å². The molecule has 2 aliphatic heterocycles. The second kappa shape index (κ2) is 9.63. The molecule has 1 aromatic heterocycles. The molecule has 196 valence electrons. The lowest BCUT2D eigenvalue weighted by molar-refractivity contribution is -0.150. The standard InChI is InChI=1S/C28H24ClNO7S/c1-35-17-4-2-3-15(11-17)22-23(26(31)20-9-10-21(29)38-20)24(16-7-8-18-19(12-16)37-13-36-18)30(25(22)28(33)34)27(32)14-5-6-14/h2-4,7-12,14,22-25H,5-6,13H2,1H3,(H,33,34). The number of nitrogens with zero attached hydrogens (tertiary/aromatic N) is 1. The van der Waals surface area contributed by atoms with Gasteiger partial charge in [0.2, 0.25) is 12.7 Å². The Hall–Kier alpha value is -3.56. The van der Waals surface area contributed by atoms with E-state index in [9.17, 15) is 19.5 Å². The monoisotopic (exact) mass is 553 g/mol. The van der Waals surface area contributed by atoms with E-state index in [1.807, 2.05) is 0 Å². The number of aliphatic carboxylic acids is 1. The summed E-state index contributed by atoms with van der Waals surface area (Å²) in [4.78, 5) is 42.9. The lowest BCUT2D eigenvalue weighted by Gasteiger charge is -2.30. The number of methoxy groups -OCH3 is 1. The van der Waals surface area contributed by atoms with Crippen LogP contribution in [0.5, 0.6) is 17.2 Å². The number of amides is 1. The van der Waals surface area contributed by atoms with Gasteiger partial charge in [0.25, 0.3) is 0 Å². The molecule has 1 saturated carbocycles. The highest BCUT2D eigenvalue weighted by molar-refractivity contribution is 7.18. The number of fused-ring (bicyclic) bond motifs is 1. The summed E-state index contributed by atoms with van der Waals surface area (Å²) in [5, 5.41) is 10.6. The first-order chi connectivity index (χ1) is 18.4. The number of likely N-dealkylation sites (tertiary alicyclic amines) is 1. The van der Waals surface area contributed by atoms with Crippen molar-refractivity contribution < 1.29 is 33.7 Å². The first-order valence-electron chi connectivity index (χ1n) is 12.3. The maximum Gasteiger partial charge on any atom is 0.327 e. The third kappa shape index (κ3) is 4.19. The number of carbonyl (C=O) groups is 3. The lowest BCUT2D eigenvalue weighted by Crippen LogP contribution is -2.44. The van der Waals surface area contributed by atoms with E-state index in [2.05, 4.69) is 0 Å². The van der Waals surface area contributed by atoms with Crippen LogP contribution >= 0.6 is 22.9 Å². The van der Waals surface area contributed by atoms with Crippen molar-refractivity contribution in [3.8, 4) is 17.2 Å². The minimum atomic E-state index is -1.27. The minimum absolute atomic E-state index is 0.0639. The molecule has 0 radical (unpaired) electrons. The molecule has 8 nitrogen and oxygen atoms in total. The van der Waals surface area contributed by atoms with Crippen LogP contribution in [0, 0.1) is 11.8 Å². The van der Waals surface area contributed by atoms with Crippen LogP contribution in [0.3, 0.4) is 0 Å². The van der Waals surface area contributed by atoms with Gasteiger partial charge in [-0.1, -0.05) is 29.8 Å². The van der Waals surface area contributed by atoms with E-state index in [0.29, 0.717) is 50.4 Å². The van der Waals surface area contributed by atoms with Gasteiger partial charge in [0.05, 0.1) is 28.3 Å². The molecule has 10 heteroatoms. The van der Waals surface area contributed by atoms with E-state index in [-0.39, 0.29) is 24.4 Å². The van der Waals surface area contributed by atoms with Gasteiger partial charge in [0.1, 0.15) is 11.8 Å². The van der Waals surface area contributed by atoms with Gasteiger partial charge >= 0.3 is 5.97 Å². The number of ether oxygens (including phenoxy) is 3. The van der Waals surface area contributed by atoms with Crippen molar-refractivity contribution in [3.63, 3.8) is 0 Å². The zero-order chi connectivity index (χ0) is 26.6. The van der Waals surface area contributed by atoms with Crippen LogP contribution < -0.4 is 14.2 Å². The zero-order valence-electron chi connectivity index (χ0n) is 20.3. The van der Waals surface area contributed by atoms with Crippen LogP contribution in [0.15, 0.2) is 54.6 Å². The summed E-state index contributed by atoms with van der Waals surface area (Å²) >= 11 is 7.33. The van der Waals surface area contributed by atoms with Gasteiger partial charge in [-0.15, -0.1) is 11.3 Å². The second-order valence-electron chi connectivity index (χ2n) is 9.66. The fraction of sp³-hybridized carbons (Fsp3) is 0.321. The van der Waals surface area contributed by atoms with Crippen molar-refractivity contribution in [2.45, 2.75) is 30.8 Å². The third-order valence-electron chi connectivity index (χ3n) is 7.44. The fourth-order valence-corrected chi connectivity index (χ4v) is 6.65. The minimum Gasteiger partial charge on any atom is -0.497 e. The Labute approximate surface area is 227 Å². The molecule has 4 unspecified atom stereocenters. The van der Waals surface area contributed by atoms with Gasteiger partial charge in [0, 0.05) is 11.8 Å². The molecule has 1 aliphatic carbocycles. The topological polar surface area (TPSA) is 102 Å². The Morgan fingerprint density at radius 1 is 1.03 bits per heavy atom. The average molecular weight is 554 g/mol. The van der Waals surface area contributed by atoms with Crippen molar-refractivity contribution in [2.24, 2.45) is 11.8 Å². The molecule has 3 aliphatic rings. The average Bonchev–Trinajstić information content (AvgIpc) is 3.33. The molecule has 6 rings (SSSR count). The quantitative estimate of drug-likeness (QED) is 0.403.